The SMILES string of the molecule is FC(F)(F)C(Oc1ccc([S+](c2ccccc2)c2ccccc2)cc1)(c1ccccc1)C(F)(F)F. The Hall–Kier alpha value is -3.39. The van der Waals surface area contributed by atoms with Crippen molar-refractivity contribution in [1.82, 2.24) is 0 Å². The Kier molecular flexibility index (Phi) is 6.85. The van der Waals surface area contributed by atoms with Crippen molar-refractivity contribution in [2.24, 2.45) is 0 Å². The lowest BCUT2D eigenvalue weighted by Gasteiger charge is -2.37. The summed E-state index contributed by atoms with van der Waals surface area (Å²) < 4.78 is 89.1. The number of benzene rings is 4. The zero-order chi connectivity index (χ0) is 25.1. The number of ether oxygens (including phenoxy) is 1. The van der Waals surface area contributed by atoms with E-state index >= 15 is 0 Å². The van der Waals surface area contributed by atoms with Crippen LogP contribution in [0.15, 0.2) is 130 Å². The topological polar surface area (TPSA) is 9.23 Å². The first-order valence-corrected chi connectivity index (χ1v) is 11.7. The molecular formula is C27H19F6OS+. The highest BCUT2D eigenvalue weighted by Gasteiger charge is 2.74. The average Bonchev–Trinajstić information content (AvgIpc) is 2.84. The summed E-state index contributed by atoms with van der Waals surface area (Å²) in [5.41, 5.74) is -5.55. The molecule has 4 aromatic rings. The fourth-order valence-corrected chi connectivity index (χ4v) is 5.76. The molecule has 0 saturated carbocycles. The molecule has 0 bridgehead atoms. The molecule has 0 spiro atoms. The first kappa shape index (κ1) is 24.7. The molecule has 8 heteroatoms. The Morgan fingerprint density at radius 2 is 0.829 bits per heavy atom. The fourth-order valence-electron chi connectivity index (χ4n) is 3.68. The molecule has 0 aliphatic rings. The molecule has 35 heavy (non-hydrogen) atoms. The van der Waals surface area contributed by atoms with Crippen molar-refractivity contribution in [2.75, 3.05) is 0 Å². The van der Waals surface area contributed by atoms with Crippen LogP contribution in [0.4, 0.5) is 26.3 Å². The smallest absolute Gasteiger partial charge is 0.442 e. The van der Waals surface area contributed by atoms with Gasteiger partial charge in [-0.3, -0.25) is 0 Å². The highest BCUT2D eigenvalue weighted by atomic mass is 32.2. The molecule has 0 N–H and O–H groups in total. The minimum absolute atomic E-state index is 0.545. The van der Waals surface area contributed by atoms with Crippen molar-refractivity contribution in [1.29, 1.82) is 0 Å². The predicted octanol–water partition coefficient (Wildman–Crippen LogP) is 8.18. The third kappa shape index (κ3) is 4.89. The molecule has 4 rings (SSSR count). The minimum atomic E-state index is -5.76. The van der Waals surface area contributed by atoms with Gasteiger partial charge in [-0.25, -0.2) is 0 Å². The first-order chi connectivity index (χ1) is 16.6. The first-order valence-electron chi connectivity index (χ1n) is 10.5. The van der Waals surface area contributed by atoms with Gasteiger partial charge in [0, 0.05) is 5.56 Å². The quantitative estimate of drug-likeness (QED) is 0.190. The second kappa shape index (κ2) is 9.70. The summed E-state index contributed by atoms with van der Waals surface area (Å²) in [6.07, 6.45) is -11.5. The fraction of sp³-hybridized carbons (Fsp3) is 0.111. The summed E-state index contributed by atoms with van der Waals surface area (Å²) in [7, 11) is -0.616. The van der Waals surface area contributed by atoms with Crippen LogP contribution in [0, 0.1) is 0 Å². The van der Waals surface area contributed by atoms with Crippen LogP contribution < -0.4 is 4.74 Å². The van der Waals surface area contributed by atoms with Crippen LogP contribution in [0.3, 0.4) is 0 Å². The molecule has 0 amide bonds. The van der Waals surface area contributed by atoms with Gasteiger partial charge in [-0.1, -0.05) is 66.7 Å². The molecule has 0 heterocycles. The molecule has 0 saturated heterocycles. The zero-order valence-electron chi connectivity index (χ0n) is 18.1. The average molecular weight is 506 g/mol. The monoisotopic (exact) mass is 505 g/mol. The maximum absolute atomic E-state index is 14.0. The minimum Gasteiger partial charge on any atom is -0.464 e. The van der Waals surface area contributed by atoms with E-state index in [9.17, 15) is 26.3 Å². The Labute approximate surface area is 201 Å². The van der Waals surface area contributed by atoms with Crippen molar-refractivity contribution < 1.29 is 31.1 Å². The number of alkyl halides is 6. The predicted molar refractivity (Wildman–Crippen MR) is 122 cm³/mol. The molecule has 0 fully saturated rings. The molecule has 0 aliphatic heterocycles. The lowest BCUT2D eigenvalue weighted by molar-refractivity contribution is -0.365. The Morgan fingerprint density at radius 3 is 1.23 bits per heavy atom. The lowest BCUT2D eigenvalue weighted by atomic mass is 9.91. The summed E-state index contributed by atoms with van der Waals surface area (Å²) in [4.78, 5) is 2.63. The molecule has 0 aromatic heterocycles. The van der Waals surface area contributed by atoms with E-state index in [1.807, 2.05) is 60.7 Å². The van der Waals surface area contributed by atoms with Gasteiger partial charge >= 0.3 is 18.0 Å². The number of halogens is 6. The molecule has 0 radical (unpaired) electrons. The van der Waals surface area contributed by atoms with Crippen LogP contribution >= 0.6 is 0 Å². The van der Waals surface area contributed by atoms with Gasteiger partial charge in [-0.15, -0.1) is 0 Å². The van der Waals surface area contributed by atoms with E-state index < -0.39 is 40.2 Å². The lowest BCUT2D eigenvalue weighted by Crippen LogP contribution is -2.58. The van der Waals surface area contributed by atoms with Gasteiger partial charge in [0.2, 0.25) is 0 Å². The Balaban J connectivity index is 1.76. The number of hydrogen-bond acceptors (Lipinski definition) is 1. The van der Waals surface area contributed by atoms with E-state index in [1.165, 1.54) is 18.2 Å². The second-order valence-corrected chi connectivity index (χ2v) is 9.58. The summed E-state index contributed by atoms with van der Waals surface area (Å²) in [5.74, 6) is -0.545. The van der Waals surface area contributed by atoms with Crippen LogP contribution in [0.5, 0.6) is 5.75 Å². The largest absolute Gasteiger partial charge is 0.464 e. The van der Waals surface area contributed by atoms with Gasteiger partial charge in [-0.2, -0.15) is 26.3 Å². The summed E-state index contributed by atoms with van der Waals surface area (Å²) in [6.45, 7) is 0. The highest BCUT2D eigenvalue weighted by Crippen LogP contribution is 2.53. The van der Waals surface area contributed by atoms with Gasteiger partial charge in [0.05, 0.1) is 10.9 Å². The van der Waals surface area contributed by atoms with E-state index in [2.05, 4.69) is 0 Å². The summed E-state index contributed by atoms with van der Waals surface area (Å²) in [6, 6.07) is 29.3. The van der Waals surface area contributed by atoms with E-state index in [0.29, 0.717) is 0 Å². The zero-order valence-corrected chi connectivity index (χ0v) is 18.9. The van der Waals surface area contributed by atoms with Gasteiger partial charge in [0.15, 0.2) is 14.7 Å². The maximum atomic E-state index is 14.0. The molecule has 180 valence electrons. The van der Waals surface area contributed by atoms with Crippen LogP contribution in [0.25, 0.3) is 0 Å². The van der Waals surface area contributed by atoms with Gasteiger partial charge in [0.25, 0.3) is 0 Å². The standard InChI is InChI=1S/C27H19F6OS/c28-26(29,30)25(27(31,32)33,20-10-4-1-5-11-20)34-21-16-18-24(19-17-21)35(22-12-6-2-7-13-22)23-14-8-3-9-15-23/h1-19H/q+1. The van der Waals surface area contributed by atoms with Crippen LogP contribution in [-0.4, -0.2) is 12.4 Å². The molecule has 0 aliphatic carbocycles. The molecular weight excluding hydrogens is 486 g/mol. The Morgan fingerprint density at radius 1 is 0.457 bits per heavy atom. The third-order valence-electron chi connectivity index (χ3n) is 5.27. The van der Waals surface area contributed by atoms with Crippen LogP contribution in [-0.2, 0) is 16.5 Å². The van der Waals surface area contributed by atoms with Crippen molar-refractivity contribution >= 4 is 10.9 Å². The van der Waals surface area contributed by atoms with Crippen LogP contribution in [0.1, 0.15) is 5.56 Å². The maximum Gasteiger partial charge on any atom is 0.442 e. The summed E-state index contributed by atoms with van der Waals surface area (Å²) >= 11 is 0. The van der Waals surface area contributed by atoms with Gasteiger partial charge in [-0.05, 0) is 48.5 Å². The number of hydrogen-bond donors (Lipinski definition) is 0. The molecule has 0 unspecified atom stereocenters. The van der Waals surface area contributed by atoms with Gasteiger partial charge in [0.1, 0.15) is 5.75 Å². The van der Waals surface area contributed by atoms with Crippen molar-refractivity contribution in [3.05, 3.63) is 121 Å². The number of rotatable bonds is 6. The van der Waals surface area contributed by atoms with Crippen molar-refractivity contribution in [3.63, 3.8) is 0 Å². The molecule has 1 nitrogen and oxygen atoms in total. The van der Waals surface area contributed by atoms with Gasteiger partial charge < -0.3 is 4.74 Å². The van der Waals surface area contributed by atoms with E-state index in [4.69, 9.17) is 4.74 Å². The third-order valence-corrected chi connectivity index (χ3v) is 7.50. The normalized spacial score (nSPS) is 12.5. The second-order valence-electron chi connectivity index (χ2n) is 7.55. The Bertz CT molecular complexity index is 1170. The van der Waals surface area contributed by atoms with E-state index in [1.54, 1.807) is 0 Å². The van der Waals surface area contributed by atoms with Crippen LogP contribution in [0.2, 0.25) is 0 Å². The molecule has 0 atom stereocenters. The van der Waals surface area contributed by atoms with Crippen molar-refractivity contribution in [3.8, 4) is 5.75 Å². The molecule has 4 aromatic carbocycles. The van der Waals surface area contributed by atoms with Crippen molar-refractivity contribution in [2.45, 2.75) is 32.6 Å². The van der Waals surface area contributed by atoms with E-state index in [-0.39, 0.29) is 0 Å². The highest BCUT2D eigenvalue weighted by molar-refractivity contribution is 7.97. The van der Waals surface area contributed by atoms with E-state index in [0.717, 1.165) is 51.1 Å². The summed E-state index contributed by atoms with van der Waals surface area (Å²) in [5, 5.41) is 0.